The van der Waals surface area contributed by atoms with Crippen LogP contribution in [-0.4, -0.2) is 24.7 Å². The number of rotatable bonds is 4. The molecule has 0 aliphatic heterocycles. The van der Waals surface area contributed by atoms with Crippen LogP contribution in [0, 0.1) is 6.92 Å². The lowest BCUT2D eigenvalue weighted by Gasteiger charge is -2.14. The van der Waals surface area contributed by atoms with E-state index in [0.29, 0.717) is 12.4 Å². The van der Waals surface area contributed by atoms with Gasteiger partial charge in [0.2, 0.25) is 0 Å². The molecule has 7 heteroatoms. The number of imidazole rings is 1. The van der Waals surface area contributed by atoms with Gasteiger partial charge in [-0.25, -0.2) is 14.8 Å². The normalized spacial score (nSPS) is 14.2. The van der Waals surface area contributed by atoms with Crippen LogP contribution in [-0.2, 0) is 25.8 Å². The summed E-state index contributed by atoms with van der Waals surface area (Å²) in [4.78, 5) is 23.7. The van der Waals surface area contributed by atoms with Crippen molar-refractivity contribution in [3.05, 3.63) is 110 Å². The lowest BCUT2D eigenvalue weighted by Crippen LogP contribution is -2.06. The second kappa shape index (κ2) is 8.51. The highest BCUT2D eigenvalue weighted by molar-refractivity contribution is 5.93. The highest BCUT2D eigenvalue weighted by Gasteiger charge is 2.20. The summed E-state index contributed by atoms with van der Waals surface area (Å²) in [7, 11) is 0. The maximum absolute atomic E-state index is 11.5. The van der Waals surface area contributed by atoms with Crippen molar-refractivity contribution in [2.75, 3.05) is 0 Å². The highest BCUT2D eigenvalue weighted by Crippen LogP contribution is 2.35. The van der Waals surface area contributed by atoms with E-state index in [9.17, 15) is 4.79 Å². The number of fused-ring (bicyclic) bond motifs is 3. The van der Waals surface area contributed by atoms with E-state index in [1.807, 2.05) is 24.4 Å². The minimum atomic E-state index is -0.558. The SMILES string of the molecule is CCc1nc2c(C)ccnc2n1Cc1ccc2c(c1)CCc1ccccc1/C2=C/c1noc(=O)[nH]1. The van der Waals surface area contributed by atoms with Gasteiger partial charge < -0.3 is 4.57 Å². The molecule has 2 aromatic carbocycles. The van der Waals surface area contributed by atoms with Gasteiger partial charge in [-0.2, -0.15) is 0 Å². The standard InChI is InChI=1S/C28H25N5O2/c1-3-25-31-26-17(2)12-13-29-27(26)33(25)16-18-8-11-22-20(14-18)10-9-19-6-4-5-7-21(19)23(22)15-24-30-28(34)35-32-24/h4-8,11-15H,3,9-10,16H2,1-2H3,(H,30,32,34)/b23-15-. The third-order valence-corrected chi connectivity index (χ3v) is 6.74. The molecule has 0 saturated heterocycles. The van der Waals surface area contributed by atoms with Crippen LogP contribution in [0.2, 0.25) is 0 Å². The van der Waals surface area contributed by atoms with E-state index in [-0.39, 0.29) is 0 Å². The van der Waals surface area contributed by atoms with Crippen molar-refractivity contribution in [1.82, 2.24) is 24.7 Å². The predicted octanol–water partition coefficient (Wildman–Crippen LogP) is 4.71. The Kier molecular flexibility index (Phi) is 5.17. The van der Waals surface area contributed by atoms with E-state index >= 15 is 0 Å². The molecule has 1 aliphatic rings. The number of nitrogens with one attached hydrogen (secondary N) is 1. The number of pyridine rings is 1. The minimum Gasteiger partial charge on any atom is -0.308 e. The minimum absolute atomic E-state index is 0.413. The van der Waals surface area contributed by atoms with E-state index in [4.69, 9.17) is 9.51 Å². The smallest absolute Gasteiger partial charge is 0.308 e. The topological polar surface area (TPSA) is 89.6 Å². The summed E-state index contributed by atoms with van der Waals surface area (Å²) in [5, 5.41) is 3.87. The van der Waals surface area contributed by atoms with Crippen molar-refractivity contribution in [2.24, 2.45) is 0 Å². The van der Waals surface area contributed by atoms with Crippen LogP contribution in [0.1, 0.15) is 52.0 Å². The molecule has 0 amide bonds. The average Bonchev–Trinajstić information content (AvgIpc) is 3.41. The van der Waals surface area contributed by atoms with Crippen molar-refractivity contribution in [3.63, 3.8) is 0 Å². The fourth-order valence-electron chi connectivity index (χ4n) is 5.03. The fourth-order valence-corrected chi connectivity index (χ4v) is 5.03. The van der Waals surface area contributed by atoms with Crippen molar-refractivity contribution < 1.29 is 4.52 Å². The molecule has 1 aliphatic carbocycles. The lowest BCUT2D eigenvalue weighted by molar-refractivity contribution is 0.385. The Labute approximate surface area is 202 Å². The molecule has 0 atom stereocenters. The zero-order valence-corrected chi connectivity index (χ0v) is 19.7. The van der Waals surface area contributed by atoms with Gasteiger partial charge in [-0.05, 0) is 70.9 Å². The van der Waals surface area contributed by atoms with Crippen LogP contribution in [0.25, 0.3) is 22.8 Å². The molecule has 0 bridgehead atoms. The summed E-state index contributed by atoms with van der Waals surface area (Å²) >= 11 is 0. The third kappa shape index (κ3) is 3.79. The van der Waals surface area contributed by atoms with Gasteiger partial charge in [0.15, 0.2) is 11.5 Å². The monoisotopic (exact) mass is 463 g/mol. The second-order valence-corrected chi connectivity index (χ2v) is 8.95. The summed E-state index contributed by atoms with van der Waals surface area (Å²) in [5.41, 5.74) is 10.1. The van der Waals surface area contributed by atoms with E-state index in [1.165, 1.54) is 16.7 Å². The summed E-state index contributed by atoms with van der Waals surface area (Å²) < 4.78 is 6.96. The molecule has 0 spiro atoms. The van der Waals surface area contributed by atoms with Gasteiger partial charge in [0, 0.05) is 12.6 Å². The molecule has 0 saturated carbocycles. The Morgan fingerprint density at radius 2 is 1.91 bits per heavy atom. The van der Waals surface area contributed by atoms with Crippen molar-refractivity contribution >= 4 is 22.8 Å². The van der Waals surface area contributed by atoms with Crippen molar-refractivity contribution in [3.8, 4) is 0 Å². The van der Waals surface area contributed by atoms with E-state index < -0.39 is 5.76 Å². The van der Waals surface area contributed by atoms with Crippen molar-refractivity contribution in [1.29, 1.82) is 0 Å². The summed E-state index contributed by atoms with van der Waals surface area (Å²) in [6.45, 7) is 4.93. The number of hydrogen-bond acceptors (Lipinski definition) is 5. The summed E-state index contributed by atoms with van der Waals surface area (Å²) in [6, 6.07) is 17.1. The molecule has 6 rings (SSSR count). The Bertz CT molecular complexity index is 1650. The lowest BCUT2D eigenvalue weighted by atomic mass is 9.92. The van der Waals surface area contributed by atoms with Gasteiger partial charge in [-0.3, -0.25) is 9.51 Å². The van der Waals surface area contributed by atoms with Crippen LogP contribution in [0.15, 0.2) is 64.0 Å². The van der Waals surface area contributed by atoms with Crippen LogP contribution in [0.5, 0.6) is 0 Å². The number of H-pyrrole nitrogens is 1. The molecule has 35 heavy (non-hydrogen) atoms. The van der Waals surface area contributed by atoms with Crippen molar-refractivity contribution in [2.45, 2.75) is 39.7 Å². The number of nitrogens with zero attached hydrogens (tertiary/aromatic N) is 4. The molecule has 3 heterocycles. The first-order valence-corrected chi connectivity index (χ1v) is 11.9. The summed E-state index contributed by atoms with van der Waals surface area (Å²) in [6.07, 6.45) is 6.47. The maximum atomic E-state index is 11.5. The van der Waals surface area contributed by atoms with Gasteiger partial charge in [0.1, 0.15) is 11.3 Å². The molecular formula is C28H25N5O2. The van der Waals surface area contributed by atoms with E-state index in [2.05, 4.69) is 69.9 Å². The van der Waals surface area contributed by atoms with E-state index in [0.717, 1.165) is 58.5 Å². The molecule has 0 unspecified atom stereocenters. The van der Waals surface area contributed by atoms with Gasteiger partial charge >= 0.3 is 5.76 Å². The maximum Gasteiger partial charge on any atom is 0.439 e. The number of aromatic nitrogens is 5. The molecule has 3 aromatic heterocycles. The Balaban J connectivity index is 1.45. The van der Waals surface area contributed by atoms with Gasteiger partial charge in [-0.1, -0.05) is 54.5 Å². The van der Waals surface area contributed by atoms with Crippen LogP contribution < -0.4 is 5.76 Å². The first kappa shape index (κ1) is 21.3. The highest BCUT2D eigenvalue weighted by atomic mass is 16.5. The Morgan fingerprint density at radius 1 is 1.09 bits per heavy atom. The number of hydrogen-bond donors (Lipinski definition) is 1. The van der Waals surface area contributed by atoms with Gasteiger partial charge in [0.25, 0.3) is 0 Å². The molecule has 174 valence electrons. The van der Waals surface area contributed by atoms with E-state index in [1.54, 1.807) is 0 Å². The van der Waals surface area contributed by atoms with Crippen LogP contribution in [0.4, 0.5) is 0 Å². The van der Waals surface area contributed by atoms with Gasteiger partial charge in [0.05, 0.1) is 6.54 Å². The third-order valence-electron chi connectivity index (χ3n) is 6.74. The molecule has 1 N–H and O–H groups in total. The molecule has 0 fully saturated rings. The van der Waals surface area contributed by atoms with Gasteiger partial charge in [-0.15, -0.1) is 0 Å². The molecule has 0 radical (unpaired) electrons. The zero-order chi connectivity index (χ0) is 23.9. The second-order valence-electron chi connectivity index (χ2n) is 8.95. The Hall–Kier alpha value is -4.26. The predicted molar refractivity (Wildman–Crippen MR) is 135 cm³/mol. The molecule has 5 aromatic rings. The first-order chi connectivity index (χ1) is 17.1. The largest absolute Gasteiger partial charge is 0.439 e. The van der Waals surface area contributed by atoms with Crippen LogP contribution >= 0.6 is 0 Å². The number of aryl methyl sites for hydroxylation is 4. The quantitative estimate of drug-likeness (QED) is 0.417. The fraction of sp³-hybridized carbons (Fsp3) is 0.214. The average molecular weight is 464 g/mol. The molecular weight excluding hydrogens is 438 g/mol. The number of aromatic amines is 1. The first-order valence-electron chi connectivity index (χ1n) is 11.9. The molecule has 7 nitrogen and oxygen atoms in total. The zero-order valence-electron chi connectivity index (χ0n) is 19.7. The number of benzene rings is 2. The summed E-state index contributed by atoms with van der Waals surface area (Å²) in [5.74, 6) is 0.896. The van der Waals surface area contributed by atoms with Crippen LogP contribution in [0.3, 0.4) is 0 Å². The Morgan fingerprint density at radius 3 is 2.74 bits per heavy atom.